The molecule has 0 aromatic rings. The molecule has 10 heteroatoms. The first-order chi connectivity index (χ1) is 8.78. The predicted molar refractivity (Wildman–Crippen MR) is 71.4 cm³/mol. The van der Waals surface area contributed by atoms with E-state index in [4.69, 9.17) is 5.11 Å². The van der Waals surface area contributed by atoms with Gasteiger partial charge in [0.1, 0.15) is 6.04 Å². The van der Waals surface area contributed by atoms with Gasteiger partial charge in [-0.25, -0.2) is 22.7 Å². The molecule has 2 unspecified atom stereocenters. The van der Waals surface area contributed by atoms with Crippen LogP contribution in [0.4, 0.5) is 4.79 Å². The van der Waals surface area contributed by atoms with Crippen LogP contribution in [0.2, 0.25) is 0 Å². The van der Waals surface area contributed by atoms with E-state index in [-0.39, 0.29) is 17.7 Å². The van der Waals surface area contributed by atoms with E-state index in [1.807, 2.05) is 0 Å². The van der Waals surface area contributed by atoms with Crippen LogP contribution in [0.15, 0.2) is 0 Å². The molecule has 0 spiro atoms. The van der Waals surface area contributed by atoms with E-state index in [0.29, 0.717) is 5.75 Å². The lowest BCUT2D eigenvalue weighted by atomic mass is 10.3. The van der Waals surface area contributed by atoms with Gasteiger partial charge in [-0.3, -0.25) is 4.90 Å². The molecule has 110 valence electrons. The van der Waals surface area contributed by atoms with Gasteiger partial charge in [-0.05, 0) is 14.0 Å². The van der Waals surface area contributed by atoms with Crippen LogP contribution in [0.3, 0.4) is 0 Å². The Morgan fingerprint density at radius 3 is 2.63 bits per heavy atom. The summed E-state index contributed by atoms with van der Waals surface area (Å²) in [7, 11) is -2.10. The first-order valence-corrected chi connectivity index (χ1v) is 8.30. The number of hydrogen-bond donors (Lipinski definition) is 3. The Morgan fingerprint density at radius 1 is 1.47 bits per heavy atom. The van der Waals surface area contributed by atoms with Gasteiger partial charge in [0.25, 0.3) is 0 Å². The molecule has 1 saturated heterocycles. The van der Waals surface area contributed by atoms with Crippen molar-refractivity contribution in [2.75, 3.05) is 25.1 Å². The number of urea groups is 1. The second kappa shape index (κ2) is 6.44. The van der Waals surface area contributed by atoms with Crippen LogP contribution < -0.4 is 10.0 Å². The van der Waals surface area contributed by atoms with Crippen LogP contribution in [0.5, 0.6) is 0 Å². The molecule has 3 N–H and O–H groups in total. The largest absolute Gasteiger partial charge is 0.480 e. The number of nitrogens with zero attached hydrogens (tertiary/aromatic N) is 1. The van der Waals surface area contributed by atoms with Gasteiger partial charge in [-0.1, -0.05) is 0 Å². The van der Waals surface area contributed by atoms with Crippen molar-refractivity contribution in [2.24, 2.45) is 0 Å². The zero-order valence-corrected chi connectivity index (χ0v) is 12.3. The van der Waals surface area contributed by atoms with Crippen molar-refractivity contribution in [3.8, 4) is 0 Å². The van der Waals surface area contributed by atoms with Gasteiger partial charge in [-0.2, -0.15) is 0 Å². The molecule has 1 aliphatic rings. The van der Waals surface area contributed by atoms with Crippen LogP contribution in [-0.2, 0) is 14.8 Å². The Balaban J connectivity index is 2.55. The highest BCUT2D eigenvalue weighted by atomic mass is 32.2. The standard InChI is InChI=1S/C9H17N3O5S2/c1-6-12(7(5-18-6)8(13)14)9(15)11-3-4-19(16,17)10-2/h6-7,10H,3-5H2,1-2H3,(H,11,15)(H,13,14). The molecule has 0 aromatic heterocycles. The minimum Gasteiger partial charge on any atom is -0.480 e. The van der Waals surface area contributed by atoms with E-state index in [0.717, 1.165) is 0 Å². The summed E-state index contributed by atoms with van der Waals surface area (Å²) in [6.45, 7) is 1.67. The number of carbonyl (C=O) groups excluding carboxylic acids is 1. The van der Waals surface area contributed by atoms with Crippen molar-refractivity contribution in [1.82, 2.24) is 14.9 Å². The normalized spacial score (nSPS) is 23.4. The zero-order chi connectivity index (χ0) is 14.6. The molecule has 2 amide bonds. The molecule has 0 aliphatic carbocycles. The van der Waals surface area contributed by atoms with E-state index >= 15 is 0 Å². The van der Waals surface area contributed by atoms with E-state index in [9.17, 15) is 18.0 Å². The zero-order valence-electron chi connectivity index (χ0n) is 10.6. The number of sulfonamides is 1. The summed E-state index contributed by atoms with van der Waals surface area (Å²) in [6.07, 6.45) is 0. The first-order valence-electron chi connectivity index (χ1n) is 5.60. The molecule has 19 heavy (non-hydrogen) atoms. The summed E-state index contributed by atoms with van der Waals surface area (Å²) in [5.74, 6) is -0.976. The number of hydrogen-bond acceptors (Lipinski definition) is 5. The van der Waals surface area contributed by atoms with Crippen molar-refractivity contribution in [3.63, 3.8) is 0 Å². The third-order valence-electron chi connectivity index (χ3n) is 2.70. The fourth-order valence-electron chi connectivity index (χ4n) is 1.63. The van der Waals surface area contributed by atoms with Crippen molar-refractivity contribution in [1.29, 1.82) is 0 Å². The number of aliphatic carboxylic acids is 1. The molecule has 1 aliphatic heterocycles. The SMILES string of the molecule is CNS(=O)(=O)CCNC(=O)N1C(C)SCC1C(=O)O. The highest BCUT2D eigenvalue weighted by Crippen LogP contribution is 2.28. The minimum atomic E-state index is -3.39. The molecule has 0 radical (unpaired) electrons. The molecule has 1 heterocycles. The molecule has 0 aromatic carbocycles. The highest BCUT2D eigenvalue weighted by Gasteiger charge is 2.39. The summed E-state index contributed by atoms with van der Waals surface area (Å²) in [6, 6.07) is -1.43. The lowest BCUT2D eigenvalue weighted by Crippen LogP contribution is -2.50. The Kier molecular flexibility index (Phi) is 5.44. The van der Waals surface area contributed by atoms with Crippen LogP contribution in [0.1, 0.15) is 6.92 Å². The molecule has 0 bridgehead atoms. The van der Waals surface area contributed by atoms with Gasteiger partial charge in [0.05, 0.1) is 11.1 Å². The third-order valence-corrected chi connectivity index (χ3v) is 5.28. The third kappa shape index (κ3) is 4.25. The number of rotatable bonds is 5. The molecule has 1 fully saturated rings. The quantitative estimate of drug-likeness (QED) is 0.605. The number of carbonyl (C=O) groups is 2. The van der Waals surface area contributed by atoms with Crippen LogP contribution in [0, 0.1) is 0 Å². The summed E-state index contributed by atoms with van der Waals surface area (Å²) in [5, 5.41) is 11.2. The average Bonchev–Trinajstić information content (AvgIpc) is 2.71. The van der Waals surface area contributed by atoms with Crippen LogP contribution in [-0.4, -0.2) is 66.9 Å². The molecule has 0 saturated carbocycles. The topological polar surface area (TPSA) is 116 Å². The number of amides is 2. The van der Waals surface area contributed by atoms with Crippen LogP contribution >= 0.6 is 11.8 Å². The lowest BCUT2D eigenvalue weighted by molar-refractivity contribution is -0.141. The van der Waals surface area contributed by atoms with Gasteiger partial charge in [0.15, 0.2) is 0 Å². The maximum absolute atomic E-state index is 11.9. The summed E-state index contributed by atoms with van der Waals surface area (Å²) in [5.41, 5.74) is 0. The van der Waals surface area contributed by atoms with E-state index in [1.54, 1.807) is 6.92 Å². The molecular formula is C9H17N3O5S2. The second-order valence-corrected chi connectivity index (χ2v) is 7.34. The van der Waals surface area contributed by atoms with Gasteiger partial charge in [0, 0.05) is 12.3 Å². The monoisotopic (exact) mass is 311 g/mol. The van der Waals surface area contributed by atoms with Gasteiger partial charge in [-0.15, -0.1) is 11.8 Å². The smallest absolute Gasteiger partial charge is 0.327 e. The maximum atomic E-state index is 11.9. The Bertz CT molecular complexity index is 453. The molecule has 2 atom stereocenters. The Hall–Kier alpha value is -1.00. The van der Waals surface area contributed by atoms with E-state index in [2.05, 4.69) is 10.0 Å². The van der Waals surface area contributed by atoms with Crippen molar-refractivity contribution in [3.05, 3.63) is 0 Å². The Morgan fingerprint density at radius 2 is 2.11 bits per heavy atom. The first kappa shape index (κ1) is 16.1. The summed E-state index contributed by atoms with van der Waals surface area (Å²) in [4.78, 5) is 24.1. The molecule has 1 rings (SSSR count). The summed E-state index contributed by atoms with van der Waals surface area (Å²) < 4.78 is 24.5. The number of thioether (sulfide) groups is 1. The number of carboxylic acid groups (broad SMARTS) is 1. The van der Waals surface area contributed by atoms with Gasteiger partial charge in [0.2, 0.25) is 10.0 Å². The number of nitrogens with one attached hydrogen (secondary N) is 2. The Labute approximate surface area is 116 Å². The fourth-order valence-corrected chi connectivity index (χ4v) is 3.37. The predicted octanol–water partition coefficient (Wildman–Crippen LogP) is -0.907. The average molecular weight is 311 g/mol. The summed E-state index contributed by atoms with van der Waals surface area (Å²) >= 11 is 1.37. The van der Waals surface area contributed by atoms with Crippen LogP contribution in [0.25, 0.3) is 0 Å². The molecule has 8 nitrogen and oxygen atoms in total. The minimum absolute atomic E-state index is 0.0672. The maximum Gasteiger partial charge on any atom is 0.327 e. The van der Waals surface area contributed by atoms with E-state index < -0.39 is 28.1 Å². The lowest BCUT2D eigenvalue weighted by Gasteiger charge is -2.25. The van der Waals surface area contributed by atoms with Crippen molar-refractivity contribution >= 4 is 33.8 Å². The highest BCUT2D eigenvalue weighted by molar-refractivity contribution is 8.00. The number of carboxylic acids is 1. The fraction of sp³-hybridized carbons (Fsp3) is 0.778. The molecular weight excluding hydrogens is 294 g/mol. The van der Waals surface area contributed by atoms with Gasteiger partial charge < -0.3 is 10.4 Å². The van der Waals surface area contributed by atoms with Crippen molar-refractivity contribution < 1.29 is 23.1 Å². The van der Waals surface area contributed by atoms with Gasteiger partial charge >= 0.3 is 12.0 Å². The van der Waals surface area contributed by atoms with Crippen molar-refractivity contribution in [2.45, 2.75) is 18.3 Å². The van der Waals surface area contributed by atoms with E-state index in [1.165, 1.54) is 23.7 Å². The second-order valence-electron chi connectivity index (χ2n) is 3.95.